The first-order chi connectivity index (χ1) is 10.1. The largest absolute Gasteiger partial charge is 0.481 e. The van der Waals surface area contributed by atoms with Gasteiger partial charge in [0.05, 0.1) is 12.7 Å². The number of sulfonamides is 1. The quantitative estimate of drug-likeness (QED) is 0.717. The van der Waals surface area contributed by atoms with Crippen LogP contribution in [0.25, 0.3) is 0 Å². The Hall–Kier alpha value is -1.15. The predicted molar refractivity (Wildman–Crippen MR) is 82.8 cm³/mol. The summed E-state index contributed by atoms with van der Waals surface area (Å²) in [7, 11) is -3.21. The number of carbonyl (C=O) groups excluding carboxylic acids is 1. The average Bonchev–Trinajstić information content (AvgIpc) is 2.45. The molecular weight excluding hydrogens is 308 g/mol. The first-order valence-electron chi connectivity index (χ1n) is 7.62. The van der Waals surface area contributed by atoms with E-state index in [1.165, 1.54) is 10.6 Å². The number of aliphatic carboxylic acids is 1. The Morgan fingerprint density at radius 2 is 1.73 bits per heavy atom. The summed E-state index contributed by atoms with van der Waals surface area (Å²) >= 11 is 0. The molecule has 8 heteroatoms. The van der Waals surface area contributed by atoms with Crippen molar-refractivity contribution >= 4 is 21.9 Å². The molecule has 0 aromatic heterocycles. The van der Waals surface area contributed by atoms with Gasteiger partial charge in [0, 0.05) is 24.5 Å². The predicted octanol–water partition coefficient (Wildman–Crippen LogP) is 0.808. The van der Waals surface area contributed by atoms with Gasteiger partial charge >= 0.3 is 5.97 Å². The van der Waals surface area contributed by atoms with Crippen LogP contribution in [0.4, 0.5) is 0 Å². The molecule has 0 radical (unpaired) electrons. The number of carbonyl (C=O) groups is 2. The second kappa shape index (κ2) is 7.41. The normalized spacial score (nSPS) is 18.1. The van der Waals surface area contributed by atoms with Gasteiger partial charge in [-0.05, 0) is 25.7 Å². The van der Waals surface area contributed by atoms with E-state index >= 15 is 0 Å². The summed E-state index contributed by atoms with van der Waals surface area (Å²) in [6.45, 7) is 4.39. The molecule has 1 aliphatic rings. The molecule has 1 saturated heterocycles. The third-order valence-electron chi connectivity index (χ3n) is 4.53. The lowest BCUT2D eigenvalue weighted by Gasteiger charge is -2.35. The summed E-state index contributed by atoms with van der Waals surface area (Å²) in [5.74, 6) is -1.36. The first-order valence-corrected chi connectivity index (χ1v) is 9.47. The van der Waals surface area contributed by atoms with Crippen LogP contribution in [0.15, 0.2) is 0 Å². The summed E-state index contributed by atoms with van der Waals surface area (Å²) in [5.41, 5.74) is -0.725. The van der Waals surface area contributed by atoms with Crippen molar-refractivity contribution in [2.24, 2.45) is 5.92 Å². The fourth-order valence-electron chi connectivity index (χ4n) is 2.82. The highest BCUT2D eigenvalue weighted by Gasteiger charge is 2.35. The van der Waals surface area contributed by atoms with Crippen LogP contribution < -0.4 is 5.32 Å². The molecule has 7 nitrogen and oxygen atoms in total. The van der Waals surface area contributed by atoms with E-state index in [1.807, 2.05) is 13.8 Å². The summed E-state index contributed by atoms with van der Waals surface area (Å²) in [6, 6.07) is 0. The van der Waals surface area contributed by atoms with Gasteiger partial charge in [-0.3, -0.25) is 9.59 Å². The van der Waals surface area contributed by atoms with Gasteiger partial charge in [0.2, 0.25) is 15.9 Å². The fourth-order valence-corrected chi connectivity index (χ4v) is 3.70. The minimum atomic E-state index is -3.21. The highest BCUT2D eigenvalue weighted by atomic mass is 32.2. The Bertz CT molecular complexity index is 505. The molecule has 1 aliphatic heterocycles. The van der Waals surface area contributed by atoms with Gasteiger partial charge in [0.15, 0.2) is 0 Å². The maximum atomic E-state index is 12.4. The smallest absolute Gasteiger partial charge is 0.305 e. The zero-order chi connectivity index (χ0) is 17.0. The minimum absolute atomic E-state index is 0.103. The highest BCUT2D eigenvalue weighted by molar-refractivity contribution is 7.88. The van der Waals surface area contributed by atoms with E-state index in [4.69, 9.17) is 5.11 Å². The van der Waals surface area contributed by atoms with Crippen LogP contribution in [0.3, 0.4) is 0 Å². The second-order valence-electron chi connectivity index (χ2n) is 5.98. The Morgan fingerprint density at radius 3 is 2.09 bits per heavy atom. The number of hydrogen-bond acceptors (Lipinski definition) is 4. The van der Waals surface area contributed by atoms with Gasteiger partial charge in [-0.15, -0.1) is 0 Å². The summed E-state index contributed by atoms with van der Waals surface area (Å²) in [5, 5.41) is 11.9. The van der Waals surface area contributed by atoms with Crippen LogP contribution in [0, 0.1) is 5.92 Å². The molecule has 128 valence electrons. The number of carboxylic acids is 1. The minimum Gasteiger partial charge on any atom is -0.481 e. The maximum Gasteiger partial charge on any atom is 0.305 e. The van der Waals surface area contributed by atoms with Crippen molar-refractivity contribution in [1.29, 1.82) is 0 Å². The number of amides is 1. The number of nitrogens with one attached hydrogen (secondary N) is 1. The number of hydrogen-bond donors (Lipinski definition) is 2. The Labute approximate surface area is 132 Å². The molecule has 1 heterocycles. The van der Waals surface area contributed by atoms with Crippen LogP contribution in [0.1, 0.15) is 46.0 Å². The molecule has 0 spiro atoms. The van der Waals surface area contributed by atoms with E-state index in [9.17, 15) is 18.0 Å². The molecule has 2 N–H and O–H groups in total. The SMILES string of the molecule is CCC(CC)(CC(=O)O)NC(=O)C1CCN(S(C)(=O)=O)CC1. The van der Waals surface area contributed by atoms with Gasteiger partial charge in [0.25, 0.3) is 0 Å². The van der Waals surface area contributed by atoms with Crippen molar-refractivity contribution in [3.63, 3.8) is 0 Å². The standard InChI is InChI=1S/C14H26N2O5S/c1-4-14(5-2,10-12(17)18)15-13(19)11-6-8-16(9-7-11)22(3,20)21/h11H,4-10H2,1-3H3,(H,15,19)(H,17,18). The van der Waals surface area contributed by atoms with E-state index in [0.29, 0.717) is 38.8 Å². The number of carboxylic acid groups (broad SMARTS) is 1. The number of piperidine rings is 1. The van der Waals surface area contributed by atoms with E-state index in [1.54, 1.807) is 0 Å². The van der Waals surface area contributed by atoms with Gasteiger partial charge in [0.1, 0.15) is 0 Å². The molecule has 0 aromatic rings. The van der Waals surface area contributed by atoms with Gasteiger partial charge in [-0.2, -0.15) is 0 Å². The Morgan fingerprint density at radius 1 is 1.23 bits per heavy atom. The Kier molecular flexibility index (Phi) is 6.37. The van der Waals surface area contributed by atoms with Crippen LogP contribution in [0.2, 0.25) is 0 Å². The molecule has 0 unspecified atom stereocenters. The van der Waals surface area contributed by atoms with Crippen molar-refractivity contribution in [1.82, 2.24) is 9.62 Å². The third kappa shape index (κ3) is 4.95. The molecule has 0 bridgehead atoms. The Balaban J connectivity index is 2.67. The highest BCUT2D eigenvalue weighted by Crippen LogP contribution is 2.24. The van der Waals surface area contributed by atoms with Crippen molar-refractivity contribution in [3.8, 4) is 0 Å². The monoisotopic (exact) mass is 334 g/mol. The molecule has 0 atom stereocenters. The van der Waals surface area contributed by atoms with Crippen LogP contribution >= 0.6 is 0 Å². The molecule has 0 aromatic carbocycles. The summed E-state index contributed by atoms with van der Waals surface area (Å²) < 4.78 is 24.3. The van der Waals surface area contributed by atoms with E-state index in [2.05, 4.69) is 5.32 Å². The molecule has 1 fully saturated rings. The lowest BCUT2D eigenvalue weighted by Crippen LogP contribution is -2.52. The topological polar surface area (TPSA) is 104 Å². The molecule has 1 rings (SSSR count). The second-order valence-corrected chi connectivity index (χ2v) is 7.97. The lowest BCUT2D eigenvalue weighted by molar-refractivity contribution is -0.139. The molecular formula is C14H26N2O5S. The van der Waals surface area contributed by atoms with E-state index < -0.39 is 21.5 Å². The number of nitrogens with zero attached hydrogens (tertiary/aromatic N) is 1. The van der Waals surface area contributed by atoms with Crippen molar-refractivity contribution < 1.29 is 23.1 Å². The molecule has 0 aliphatic carbocycles. The molecule has 0 saturated carbocycles. The van der Waals surface area contributed by atoms with Crippen LogP contribution in [-0.2, 0) is 19.6 Å². The molecule has 22 heavy (non-hydrogen) atoms. The maximum absolute atomic E-state index is 12.4. The molecule has 1 amide bonds. The van der Waals surface area contributed by atoms with Crippen molar-refractivity contribution in [2.45, 2.75) is 51.5 Å². The van der Waals surface area contributed by atoms with Crippen LogP contribution in [0.5, 0.6) is 0 Å². The number of rotatable bonds is 7. The van der Waals surface area contributed by atoms with E-state index in [0.717, 1.165) is 0 Å². The fraction of sp³-hybridized carbons (Fsp3) is 0.857. The van der Waals surface area contributed by atoms with Gasteiger partial charge in [-0.1, -0.05) is 13.8 Å². The first kappa shape index (κ1) is 18.9. The van der Waals surface area contributed by atoms with Gasteiger partial charge < -0.3 is 10.4 Å². The zero-order valence-corrected chi connectivity index (χ0v) is 14.3. The van der Waals surface area contributed by atoms with E-state index in [-0.39, 0.29) is 18.2 Å². The average molecular weight is 334 g/mol. The zero-order valence-electron chi connectivity index (χ0n) is 13.5. The third-order valence-corrected chi connectivity index (χ3v) is 5.83. The summed E-state index contributed by atoms with van der Waals surface area (Å²) in [6.07, 6.45) is 3.09. The van der Waals surface area contributed by atoms with Crippen molar-refractivity contribution in [3.05, 3.63) is 0 Å². The van der Waals surface area contributed by atoms with Gasteiger partial charge in [-0.25, -0.2) is 12.7 Å². The lowest BCUT2D eigenvalue weighted by atomic mass is 9.87. The summed E-state index contributed by atoms with van der Waals surface area (Å²) in [4.78, 5) is 23.4. The van der Waals surface area contributed by atoms with Crippen molar-refractivity contribution in [2.75, 3.05) is 19.3 Å². The van der Waals surface area contributed by atoms with Crippen LogP contribution in [-0.4, -0.2) is 54.6 Å².